The minimum atomic E-state index is 0.744. The van der Waals surface area contributed by atoms with Crippen LogP contribution in [0.15, 0.2) is 48.5 Å². The van der Waals surface area contributed by atoms with Crippen molar-refractivity contribution < 1.29 is 4.79 Å². The molecule has 2 rings (SSSR count). The van der Waals surface area contributed by atoms with E-state index in [1.54, 1.807) is 0 Å². The standard InChI is InChI=1S/C16H17NO/c1-13-8-9-16(15(10-13)12-18)17(2)11-14-6-4-3-5-7-14/h3-10,12H,11H2,1-2H3. The molecule has 0 aliphatic rings. The molecule has 18 heavy (non-hydrogen) atoms. The minimum absolute atomic E-state index is 0.744. The summed E-state index contributed by atoms with van der Waals surface area (Å²) in [5.74, 6) is 0. The van der Waals surface area contributed by atoms with Crippen LogP contribution in [0.1, 0.15) is 21.5 Å². The highest BCUT2D eigenvalue weighted by Gasteiger charge is 2.07. The minimum Gasteiger partial charge on any atom is -0.370 e. The third-order valence-electron chi connectivity index (χ3n) is 2.98. The van der Waals surface area contributed by atoms with Crippen LogP contribution in [0, 0.1) is 6.92 Å². The summed E-state index contributed by atoms with van der Waals surface area (Å²) < 4.78 is 0. The van der Waals surface area contributed by atoms with Gasteiger partial charge in [-0.1, -0.05) is 42.0 Å². The van der Waals surface area contributed by atoms with E-state index in [1.807, 2.05) is 50.4 Å². The number of carbonyl (C=O) groups excluding carboxylic acids is 1. The first-order valence-corrected chi connectivity index (χ1v) is 6.01. The van der Waals surface area contributed by atoms with Gasteiger partial charge >= 0.3 is 0 Å². The van der Waals surface area contributed by atoms with Gasteiger partial charge in [-0.25, -0.2) is 0 Å². The van der Waals surface area contributed by atoms with Gasteiger partial charge < -0.3 is 4.90 Å². The van der Waals surface area contributed by atoms with E-state index < -0.39 is 0 Å². The zero-order valence-corrected chi connectivity index (χ0v) is 10.8. The number of hydrogen-bond acceptors (Lipinski definition) is 2. The molecule has 0 spiro atoms. The highest BCUT2D eigenvalue weighted by atomic mass is 16.1. The summed E-state index contributed by atoms with van der Waals surface area (Å²) in [5, 5.41) is 0. The van der Waals surface area contributed by atoms with Crippen LogP contribution in [-0.4, -0.2) is 13.3 Å². The van der Waals surface area contributed by atoms with Crippen molar-refractivity contribution in [3.63, 3.8) is 0 Å². The molecule has 0 bridgehead atoms. The summed E-state index contributed by atoms with van der Waals surface area (Å²) in [4.78, 5) is 13.2. The van der Waals surface area contributed by atoms with Crippen molar-refractivity contribution >= 4 is 12.0 Å². The number of benzene rings is 2. The van der Waals surface area contributed by atoms with Crippen molar-refractivity contribution in [2.75, 3.05) is 11.9 Å². The molecule has 0 radical (unpaired) electrons. The first-order chi connectivity index (χ1) is 8.70. The average Bonchev–Trinajstić information content (AvgIpc) is 2.39. The second-order valence-electron chi connectivity index (χ2n) is 4.52. The van der Waals surface area contributed by atoms with E-state index in [2.05, 4.69) is 17.0 Å². The Morgan fingerprint density at radius 2 is 1.83 bits per heavy atom. The molecular formula is C16H17NO. The van der Waals surface area contributed by atoms with E-state index in [0.717, 1.165) is 29.6 Å². The first kappa shape index (κ1) is 12.4. The van der Waals surface area contributed by atoms with Gasteiger partial charge in [-0.15, -0.1) is 0 Å². The maximum absolute atomic E-state index is 11.1. The van der Waals surface area contributed by atoms with Gasteiger partial charge in [0.1, 0.15) is 0 Å². The molecule has 0 N–H and O–H groups in total. The van der Waals surface area contributed by atoms with Crippen LogP contribution in [0.3, 0.4) is 0 Å². The van der Waals surface area contributed by atoms with Crippen LogP contribution in [0.4, 0.5) is 5.69 Å². The van der Waals surface area contributed by atoms with Crippen molar-refractivity contribution in [2.24, 2.45) is 0 Å². The summed E-state index contributed by atoms with van der Waals surface area (Å²) in [5.41, 5.74) is 4.05. The maximum Gasteiger partial charge on any atom is 0.152 e. The van der Waals surface area contributed by atoms with Crippen molar-refractivity contribution in [1.82, 2.24) is 0 Å². The molecule has 0 aliphatic carbocycles. The molecule has 0 unspecified atom stereocenters. The van der Waals surface area contributed by atoms with Gasteiger partial charge in [0.25, 0.3) is 0 Å². The van der Waals surface area contributed by atoms with E-state index >= 15 is 0 Å². The monoisotopic (exact) mass is 239 g/mol. The molecular weight excluding hydrogens is 222 g/mol. The van der Waals surface area contributed by atoms with Crippen LogP contribution >= 0.6 is 0 Å². The van der Waals surface area contributed by atoms with Crippen molar-refractivity contribution in [3.05, 3.63) is 65.2 Å². The van der Waals surface area contributed by atoms with Gasteiger partial charge in [-0.2, -0.15) is 0 Å². The Morgan fingerprint density at radius 3 is 2.50 bits per heavy atom. The van der Waals surface area contributed by atoms with Gasteiger partial charge in [0.2, 0.25) is 0 Å². The molecule has 2 heteroatoms. The molecule has 2 aromatic carbocycles. The molecule has 0 atom stereocenters. The first-order valence-electron chi connectivity index (χ1n) is 6.01. The number of carbonyl (C=O) groups is 1. The third-order valence-corrected chi connectivity index (χ3v) is 2.98. The van der Waals surface area contributed by atoms with Crippen LogP contribution in [-0.2, 0) is 6.54 Å². The fraction of sp³-hybridized carbons (Fsp3) is 0.188. The summed E-state index contributed by atoms with van der Waals surface area (Å²) in [6.07, 6.45) is 0.920. The van der Waals surface area contributed by atoms with Gasteiger partial charge in [0, 0.05) is 24.8 Å². The predicted octanol–water partition coefficient (Wildman–Crippen LogP) is 3.44. The Bertz CT molecular complexity index is 534. The fourth-order valence-electron chi connectivity index (χ4n) is 2.06. The van der Waals surface area contributed by atoms with Crippen LogP contribution in [0.5, 0.6) is 0 Å². The lowest BCUT2D eigenvalue weighted by molar-refractivity contribution is 0.112. The summed E-state index contributed by atoms with van der Waals surface area (Å²) in [6.45, 7) is 2.79. The normalized spacial score (nSPS) is 10.1. The largest absolute Gasteiger partial charge is 0.370 e. The van der Waals surface area contributed by atoms with E-state index in [9.17, 15) is 4.79 Å². The zero-order valence-electron chi connectivity index (χ0n) is 10.8. The number of nitrogens with zero attached hydrogens (tertiary/aromatic N) is 1. The van der Waals surface area contributed by atoms with E-state index in [4.69, 9.17) is 0 Å². The highest BCUT2D eigenvalue weighted by molar-refractivity contribution is 5.84. The van der Waals surface area contributed by atoms with E-state index in [0.29, 0.717) is 0 Å². The Balaban J connectivity index is 2.23. The lowest BCUT2D eigenvalue weighted by Crippen LogP contribution is -2.17. The zero-order chi connectivity index (χ0) is 13.0. The second-order valence-corrected chi connectivity index (χ2v) is 4.52. The molecule has 2 aromatic rings. The van der Waals surface area contributed by atoms with Crippen molar-refractivity contribution in [1.29, 1.82) is 0 Å². The third kappa shape index (κ3) is 2.77. The SMILES string of the molecule is Cc1ccc(N(C)Cc2ccccc2)c(C=O)c1. The van der Waals surface area contributed by atoms with Crippen molar-refractivity contribution in [3.8, 4) is 0 Å². The topological polar surface area (TPSA) is 20.3 Å². The number of rotatable bonds is 4. The molecule has 0 amide bonds. The van der Waals surface area contributed by atoms with Crippen molar-refractivity contribution in [2.45, 2.75) is 13.5 Å². The summed E-state index contributed by atoms with van der Waals surface area (Å²) in [6, 6.07) is 16.2. The highest BCUT2D eigenvalue weighted by Crippen LogP contribution is 2.21. The summed E-state index contributed by atoms with van der Waals surface area (Å²) in [7, 11) is 2.00. The van der Waals surface area contributed by atoms with Gasteiger partial charge in [-0.05, 0) is 24.6 Å². The molecule has 0 saturated heterocycles. The van der Waals surface area contributed by atoms with Crippen LogP contribution in [0.2, 0.25) is 0 Å². The molecule has 92 valence electrons. The van der Waals surface area contributed by atoms with Gasteiger partial charge in [-0.3, -0.25) is 4.79 Å². The quantitative estimate of drug-likeness (QED) is 0.762. The number of anilines is 1. The molecule has 0 fully saturated rings. The predicted molar refractivity (Wildman–Crippen MR) is 75.1 cm³/mol. The average molecular weight is 239 g/mol. The van der Waals surface area contributed by atoms with Crippen LogP contribution < -0.4 is 4.90 Å². The van der Waals surface area contributed by atoms with Crippen LogP contribution in [0.25, 0.3) is 0 Å². The Kier molecular flexibility index (Phi) is 3.78. The summed E-state index contributed by atoms with van der Waals surface area (Å²) >= 11 is 0. The fourth-order valence-corrected chi connectivity index (χ4v) is 2.06. The lowest BCUT2D eigenvalue weighted by Gasteiger charge is -2.21. The number of aryl methyl sites for hydroxylation is 1. The lowest BCUT2D eigenvalue weighted by atomic mass is 10.1. The molecule has 0 aliphatic heterocycles. The molecule has 2 nitrogen and oxygen atoms in total. The Hall–Kier alpha value is -2.09. The van der Waals surface area contributed by atoms with Gasteiger partial charge in [0.15, 0.2) is 6.29 Å². The molecule has 0 saturated carbocycles. The molecule has 0 heterocycles. The number of aldehydes is 1. The maximum atomic E-state index is 11.1. The second kappa shape index (κ2) is 5.50. The smallest absolute Gasteiger partial charge is 0.152 e. The molecule has 0 aromatic heterocycles. The Labute approximate surface area is 108 Å². The Morgan fingerprint density at radius 1 is 1.11 bits per heavy atom. The van der Waals surface area contributed by atoms with E-state index in [1.165, 1.54) is 5.56 Å². The van der Waals surface area contributed by atoms with Gasteiger partial charge in [0.05, 0.1) is 0 Å². The van der Waals surface area contributed by atoms with E-state index in [-0.39, 0.29) is 0 Å². The number of hydrogen-bond donors (Lipinski definition) is 0.